The van der Waals surface area contributed by atoms with Crippen LogP contribution in [0, 0.1) is 10.1 Å². The van der Waals surface area contributed by atoms with Crippen LogP contribution in [0.1, 0.15) is 31.2 Å². The van der Waals surface area contributed by atoms with Crippen molar-refractivity contribution in [3.05, 3.63) is 70.3 Å². The molecule has 0 bridgehead atoms. The van der Waals surface area contributed by atoms with Gasteiger partial charge in [0.25, 0.3) is 11.6 Å². The van der Waals surface area contributed by atoms with E-state index in [1.54, 1.807) is 12.1 Å². The van der Waals surface area contributed by atoms with E-state index < -0.39 is 4.92 Å². The third kappa shape index (κ3) is 5.81. The van der Waals surface area contributed by atoms with Crippen LogP contribution in [0.2, 0.25) is 0 Å². The third-order valence-electron chi connectivity index (χ3n) is 5.09. The molecule has 2 heterocycles. The van der Waals surface area contributed by atoms with Crippen LogP contribution in [0.4, 0.5) is 29.2 Å². The van der Waals surface area contributed by atoms with Crippen molar-refractivity contribution in [2.75, 3.05) is 23.3 Å². The normalized spacial score (nSPS) is 14.3. The average molecular weight is 432 g/mol. The number of nitro benzene ring substituents is 1. The molecule has 0 amide bonds. The molecule has 0 unspecified atom stereocenters. The SMILES string of the molecule is O=[N+]([O-])c1ccc(Nc2nc(N=NCc3ccccc3)nc(N3CCCCCC3)n2)cc1. The van der Waals surface area contributed by atoms with Gasteiger partial charge in [-0.3, -0.25) is 10.1 Å². The van der Waals surface area contributed by atoms with Gasteiger partial charge in [-0.25, -0.2) is 0 Å². The molecular weight excluding hydrogens is 408 g/mol. The Labute approximate surface area is 185 Å². The number of azo groups is 1. The summed E-state index contributed by atoms with van der Waals surface area (Å²) in [7, 11) is 0. The van der Waals surface area contributed by atoms with Crippen LogP contribution < -0.4 is 10.2 Å². The molecule has 0 spiro atoms. The molecule has 164 valence electrons. The van der Waals surface area contributed by atoms with Crippen molar-refractivity contribution in [2.24, 2.45) is 10.2 Å². The Morgan fingerprint density at radius 1 is 0.938 bits per heavy atom. The second kappa shape index (κ2) is 10.4. The number of hydrogen-bond donors (Lipinski definition) is 1. The van der Waals surface area contributed by atoms with Crippen LogP contribution in [-0.4, -0.2) is 33.0 Å². The minimum atomic E-state index is -0.435. The Hall–Kier alpha value is -3.95. The maximum Gasteiger partial charge on any atom is 0.275 e. The zero-order valence-corrected chi connectivity index (χ0v) is 17.6. The number of benzene rings is 2. The molecule has 1 fully saturated rings. The summed E-state index contributed by atoms with van der Waals surface area (Å²) in [4.78, 5) is 26.1. The largest absolute Gasteiger partial charge is 0.341 e. The number of non-ortho nitro benzene ring substituents is 1. The first kappa shape index (κ1) is 21.3. The average Bonchev–Trinajstić information content (AvgIpc) is 3.10. The smallest absolute Gasteiger partial charge is 0.275 e. The molecule has 3 aromatic rings. The van der Waals surface area contributed by atoms with Crippen LogP contribution in [0.3, 0.4) is 0 Å². The van der Waals surface area contributed by atoms with E-state index in [1.807, 2.05) is 30.3 Å². The molecule has 2 aromatic carbocycles. The summed E-state index contributed by atoms with van der Waals surface area (Å²) in [5.41, 5.74) is 1.70. The Morgan fingerprint density at radius 2 is 1.66 bits per heavy atom. The fraction of sp³-hybridized carbons (Fsp3) is 0.318. The highest BCUT2D eigenvalue weighted by Crippen LogP contribution is 2.23. The van der Waals surface area contributed by atoms with E-state index in [2.05, 4.69) is 35.4 Å². The van der Waals surface area contributed by atoms with Crippen LogP contribution in [0.5, 0.6) is 0 Å². The molecule has 1 aromatic heterocycles. The molecule has 0 aliphatic carbocycles. The molecule has 1 N–H and O–H groups in total. The van der Waals surface area contributed by atoms with Gasteiger partial charge in [0.05, 0.1) is 11.5 Å². The van der Waals surface area contributed by atoms with Crippen molar-refractivity contribution < 1.29 is 4.92 Å². The lowest BCUT2D eigenvalue weighted by molar-refractivity contribution is -0.384. The second-order valence-electron chi connectivity index (χ2n) is 7.47. The van der Waals surface area contributed by atoms with Crippen LogP contribution in [0.15, 0.2) is 64.8 Å². The molecule has 10 nitrogen and oxygen atoms in total. The maximum atomic E-state index is 10.9. The molecular formula is C22H24N8O2. The molecule has 0 radical (unpaired) electrons. The molecule has 1 saturated heterocycles. The summed E-state index contributed by atoms with van der Waals surface area (Å²) in [6.07, 6.45) is 4.56. The molecule has 0 saturated carbocycles. The lowest BCUT2D eigenvalue weighted by atomic mass is 10.2. The minimum Gasteiger partial charge on any atom is -0.341 e. The fourth-order valence-electron chi connectivity index (χ4n) is 3.43. The predicted octanol–water partition coefficient (Wildman–Crippen LogP) is 5.19. The molecule has 10 heteroatoms. The van der Waals surface area contributed by atoms with Gasteiger partial charge in [-0.1, -0.05) is 43.2 Å². The van der Waals surface area contributed by atoms with Crippen LogP contribution in [0.25, 0.3) is 0 Å². The molecule has 1 aliphatic rings. The Kier molecular flexibility index (Phi) is 6.91. The van der Waals surface area contributed by atoms with Crippen LogP contribution >= 0.6 is 0 Å². The van der Waals surface area contributed by atoms with Gasteiger partial charge in [-0.2, -0.15) is 20.1 Å². The van der Waals surface area contributed by atoms with Gasteiger partial charge in [0, 0.05) is 30.9 Å². The Balaban J connectivity index is 1.58. The van der Waals surface area contributed by atoms with Gasteiger partial charge in [0.2, 0.25) is 11.9 Å². The van der Waals surface area contributed by atoms with E-state index in [0.29, 0.717) is 24.1 Å². The zero-order chi connectivity index (χ0) is 22.2. The molecule has 4 rings (SSSR count). The number of nitrogens with zero attached hydrogens (tertiary/aromatic N) is 7. The molecule has 1 aliphatic heterocycles. The van der Waals surface area contributed by atoms with Gasteiger partial charge in [0.1, 0.15) is 0 Å². The van der Waals surface area contributed by atoms with E-state index in [-0.39, 0.29) is 11.6 Å². The summed E-state index contributed by atoms with van der Waals surface area (Å²) in [5, 5.41) is 22.5. The van der Waals surface area contributed by atoms with Crippen molar-refractivity contribution in [3.8, 4) is 0 Å². The lowest BCUT2D eigenvalue weighted by Gasteiger charge is -2.20. The third-order valence-corrected chi connectivity index (χ3v) is 5.09. The van der Waals surface area contributed by atoms with Crippen LogP contribution in [-0.2, 0) is 6.54 Å². The van der Waals surface area contributed by atoms with E-state index >= 15 is 0 Å². The number of hydrogen-bond acceptors (Lipinski definition) is 9. The molecule has 32 heavy (non-hydrogen) atoms. The Bertz CT molecular complexity index is 1070. The van der Waals surface area contributed by atoms with Gasteiger partial charge < -0.3 is 10.2 Å². The lowest BCUT2D eigenvalue weighted by Crippen LogP contribution is -2.26. The minimum absolute atomic E-state index is 0.0202. The van der Waals surface area contributed by atoms with Gasteiger partial charge in [0.15, 0.2) is 0 Å². The van der Waals surface area contributed by atoms with E-state index in [9.17, 15) is 10.1 Å². The standard InChI is InChI=1S/C22H24N8O2/c31-30(32)19-12-10-18(11-13-19)24-20-25-21(28-23-16-17-8-4-3-5-9-17)27-22(26-20)29-14-6-1-2-7-15-29/h3-5,8-13H,1-2,6-7,14-16H2,(H,24,25,26,27). The summed E-state index contributed by atoms with van der Waals surface area (Å²) >= 11 is 0. The number of rotatable bonds is 7. The monoisotopic (exact) mass is 432 g/mol. The highest BCUT2D eigenvalue weighted by atomic mass is 16.6. The van der Waals surface area contributed by atoms with E-state index in [0.717, 1.165) is 31.5 Å². The highest BCUT2D eigenvalue weighted by molar-refractivity contribution is 5.57. The molecule has 0 atom stereocenters. The fourth-order valence-corrected chi connectivity index (χ4v) is 3.43. The van der Waals surface area contributed by atoms with Gasteiger partial charge in [-0.15, -0.1) is 5.11 Å². The maximum absolute atomic E-state index is 10.9. The summed E-state index contributed by atoms with van der Waals surface area (Å²) in [5.74, 6) is 1.10. The number of nitrogens with one attached hydrogen (secondary N) is 1. The quantitative estimate of drug-likeness (QED) is 0.310. The summed E-state index contributed by atoms with van der Waals surface area (Å²) in [6, 6.07) is 15.9. The second-order valence-corrected chi connectivity index (χ2v) is 7.47. The topological polar surface area (TPSA) is 122 Å². The van der Waals surface area contributed by atoms with E-state index in [1.165, 1.54) is 25.0 Å². The number of aromatic nitrogens is 3. The highest BCUT2D eigenvalue weighted by Gasteiger charge is 2.16. The predicted molar refractivity (Wildman–Crippen MR) is 122 cm³/mol. The summed E-state index contributed by atoms with van der Waals surface area (Å²) in [6.45, 7) is 2.18. The first-order chi connectivity index (χ1) is 15.7. The van der Waals surface area contributed by atoms with Crippen molar-refractivity contribution >= 4 is 29.2 Å². The first-order valence-corrected chi connectivity index (χ1v) is 10.6. The van der Waals surface area contributed by atoms with Crippen molar-refractivity contribution in [2.45, 2.75) is 32.2 Å². The first-order valence-electron chi connectivity index (χ1n) is 10.6. The van der Waals surface area contributed by atoms with Crippen molar-refractivity contribution in [3.63, 3.8) is 0 Å². The number of nitro groups is 1. The number of anilines is 3. The zero-order valence-electron chi connectivity index (χ0n) is 17.6. The van der Waals surface area contributed by atoms with Gasteiger partial charge >= 0.3 is 0 Å². The van der Waals surface area contributed by atoms with Gasteiger partial charge in [-0.05, 0) is 30.5 Å². The van der Waals surface area contributed by atoms with Crippen molar-refractivity contribution in [1.29, 1.82) is 0 Å². The Morgan fingerprint density at radius 3 is 2.34 bits per heavy atom. The van der Waals surface area contributed by atoms with E-state index in [4.69, 9.17) is 0 Å². The summed E-state index contributed by atoms with van der Waals surface area (Å²) < 4.78 is 0. The van der Waals surface area contributed by atoms with Crippen molar-refractivity contribution in [1.82, 2.24) is 15.0 Å².